The number of hydrogen-bond donors (Lipinski definition) is 0. The van der Waals surface area contributed by atoms with Crippen LogP contribution in [0.2, 0.25) is 5.02 Å². The molecule has 0 N–H and O–H groups in total. The Labute approximate surface area is 255 Å². The molecule has 2 amide bonds. The first-order valence-corrected chi connectivity index (χ1v) is 14.5. The number of ether oxygens (including phenoxy) is 1. The highest BCUT2D eigenvalue weighted by molar-refractivity contribution is 6.34. The predicted molar refractivity (Wildman–Crippen MR) is 166 cm³/mol. The van der Waals surface area contributed by atoms with Crippen LogP contribution in [0.3, 0.4) is 0 Å². The molecule has 1 atom stereocenters. The van der Waals surface area contributed by atoms with Gasteiger partial charge in [-0.1, -0.05) is 66.1 Å². The number of imide groups is 1. The van der Waals surface area contributed by atoms with Gasteiger partial charge in [0.1, 0.15) is 17.3 Å². The molecule has 0 saturated carbocycles. The summed E-state index contributed by atoms with van der Waals surface area (Å²) in [6.45, 7) is 1.63. The van der Waals surface area contributed by atoms with Gasteiger partial charge >= 0.3 is 0 Å². The number of benzene rings is 3. The van der Waals surface area contributed by atoms with Crippen LogP contribution in [0.4, 0.5) is 10.1 Å². The van der Waals surface area contributed by atoms with Crippen molar-refractivity contribution in [3.05, 3.63) is 101 Å². The van der Waals surface area contributed by atoms with Crippen LogP contribution in [0, 0.1) is 18.2 Å². The number of nitrogens with zero attached hydrogens (tertiary/aromatic N) is 3. The lowest BCUT2D eigenvalue weighted by molar-refractivity contribution is -0.740. The van der Waals surface area contributed by atoms with Gasteiger partial charge in [-0.05, 0) is 50.8 Å². The fourth-order valence-electron chi connectivity index (χ4n) is 5.36. The summed E-state index contributed by atoms with van der Waals surface area (Å²) in [6.07, 6.45) is 7.47. The third-order valence-electron chi connectivity index (χ3n) is 7.73. The van der Waals surface area contributed by atoms with Crippen molar-refractivity contribution in [1.82, 2.24) is 4.68 Å². The number of rotatable bonds is 5. The van der Waals surface area contributed by atoms with Crippen LogP contribution in [0.25, 0.3) is 22.5 Å². The maximum atomic E-state index is 14.4. The van der Waals surface area contributed by atoms with Gasteiger partial charge in [-0.3, -0.25) is 9.59 Å². The van der Waals surface area contributed by atoms with Gasteiger partial charge in [-0.15, -0.1) is 11.1 Å². The van der Waals surface area contributed by atoms with Crippen molar-refractivity contribution in [2.45, 2.75) is 38.7 Å². The summed E-state index contributed by atoms with van der Waals surface area (Å²) >= 11 is 5.97. The molecular formula is C35H32ClFN3O3+. The SMILES string of the molecule is C#CC(C)Oc1cc(N2C(=O)C3=C(CCCC3)C2=O)c(F)cc1Cl.Cn1c(-c2ccccc2)cc(-c2ccccc2)[n+]1C. The van der Waals surface area contributed by atoms with E-state index in [-0.39, 0.29) is 16.5 Å². The number of carbonyl (C=O) groups is 2. The minimum absolute atomic E-state index is 0.0233. The van der Waals surface area contributed by atoms with Gasteiger partial charge in [-0.25, -0.2) is 9.29 Å². The Kier molecular flexibility index (Phi) is 8.79. The molecule has 2 heterocycles. The fraction of sp³-hybridized carbons (Fsp3) is 0.229. The molecule has 0 bridgehead atoms. The minimum Gasteiger partial charge on any atom is -0.476 e. The first-order chi connectivity index (χ1) is 20.7. The van der Waals surface area contributed by atoms with Gasteiger partial charge in [0.2, 0.25) is 5.69 Å². The smallest absolute Gasteiger partial charge is 0.261 e. The zero-order chi connectivity index (χ0) is 30.7. The molecule has 3 aromatic carbocycles. The van der Waals surface area contributed by atoms with Gasteiger partial charge in [0.05, 0.1) is 17.8 Å². The Morgan fingerprint density at radius 3 is 2.05 bits per heavy atom. The summed E-state index contributed by atoms with van der Waals surface area (Å²) in [4.78, 5) is 26.0. The molecule has 43 heavy (non-hydrogen) atoms. The van der Waals surface area contributed by atoms with Crippen LogP contribution in [-0.2, 0) is 23.7 Å². The molecule has 8 heteroatoms. The third-order valence-corrected chi connectivity index (χ3v) is 8.03. The van der Waals surface area contributed by atoms with E-state index in [9.17, 15) is 14.0 Å². The molecular weight excluding hydrogens is 565 g/mol. The summed E-state index contributed by atoms with van der Waals surface area (Å²) in [5.41, 5.74) is 5.73. The topological polar surface area (TPSA) is 55.4 Å². The van der Waals surface area contributed by atoms with Crippen molar-refractivity contribution < 1.29 is 23.4 Å². The molecule has 2 aliphatic rings. The monoisotopic (exact) mass is 596 g/mol. The standard InChI is InChI=1S/C18H15ClFNO3.C17H17N2/c1-3-10(2)24-16-9-15(14(20)8-13(16)19)21-17(22)11-6-4-5-7-12(11)18(21)23;1-18-16(14-9-5-3-6-10-14)13-17(19(18)2)15-11-7-4-8-12-15/h1,8-10H,4-7H2,2H3;3-13H,1-2H3/q;+1. The van der Waals surface area contributed by atoms with Crippen LogP contribution in [-0.4, -0.2) is 22.6 Å². The first kappa shape index (κ1) is 29.8. The maximum absolute atomic E-state index is 14.4. The van der Waals surface area contributed by atoms with Crippen LogP contribution in [0.5, 0.6) is 5.75 Å². The third kappa shape index (κ3) is 5.97. The second-order valence-corrected chi connectivity index (χ2v) is 10.9. The van der Waals surface area contributed by atoms with Gasteiger partial charge in [0.15, 0.2) is 13.2 Å². The summed E-state index contributed by atoms with van der Waals surface area (Å²) in [7, 11) is 4.18. The maximum Gasteiger partial charge on any atom is 0.261 e. The van der Waals surface area contributed by atoms with E-state index in [1.165, 1.54) is 28.6 Å². The molecule has 0 radical (unpaired) electrons. The van der Waals surface area contributed by atoms with Crippen molar-refractivity contribution in [3.8, 4) is 40.6 Å². The molecule has 1 unspecified atom stereocenters. The second-order valence-electron chi connectivity index (χ2n) is 10.5. The Morgan fingerprint density at radius 2 is 1.49 bits per heavy atom. The summed E-state index contributed by atoms with van der Waals surface area (Å²) in [6, 6.07) is 25.5. The number of carbonyl (C=O) groups excluding carboxylic acids is 2. The fourth-order valence-corrected chi connectivity index (χ4v) is 5.56. The van der Waals surface area contributed by atoms with Crippen LogP contribution < -0.4 is 14.3 Å². The van der Waals surface area contributed by atoms with E-state index in [1.54, 1.807) is 6.92 Å². The zero-order valence-corrected chi connectivity index (χ0v) is 25.1. The highest BCUT2D eigenvalue weighted by atomic mass is 35.5. The number of halogens is 2. The van der Waals surface area contributed by atoms with Gasteiger partial charge in [0.25, 0.3) is 11.8 Å². The van der Waals surface area contributed by atoms with Crippen molar-refractivity contribution in [2.24, 2.45) is 14.1 Å². The van der Waals surface area contributed by atoms with Gasteiger partial charge < -0.3 is 4.74 Å². The van der Waals surface area contributed by atoms with E-state index in [1.807, 2.05) is 12.1 Å². The molecule has 6 nitrogen and oxygen atoms in total. The molecule has 0 saturated heterocycles. The highest BCUT2D eigenvalue weighted by Crippen LogP contribution is 2.39. The second kappa shape index (κ2) is 12.7. The van der Waals surface area contributed by atoms with E-state index >= 15 is 0 Å². The summed E-state index contributed by atoms with van der Waals surface area (Å²) in [5.74, 6) is 0.807. The van der Waals surface area contributed by atoms with Gasteiger partial charge in [0, 0.05) is 34.4 Å². The van der Waals surface area contributed by atoms with Gasteiger partial charge in [-0.2, -0.15) is 4.68 Å². The lowest BCUT2D eigenvalue weighted by atomic mass is 9.93. The molecule has 4 aromatic rings. The number of amides is 2. The van der Waals surface area contributed by atoms with E-state index in [0.29, 0.717) is 24.0 Å². The van der Waals surface area contributed by atoms with Crippen molar-refractivity contribution in [1.29, 1.82) is 0 Å². The Bertz CT molecular complexity index is 1670. The highest BCUT2D eigenvalue weighted by Gasteiger charge is 2.41. The van der Waals surface area contributed by atoms with E-state index in [2.05, 4.69) is 84.0 Å². The zero-order valence-electron chi connectivity index (χ0n) is 24.3. The molecule has 1 aliphatic heterocycles. The van der Waals surface area contributed by atoms with Crippen molar-refractivity contribution >= 4 is 29.1 Å². The van der Waals surface area contributed by atoms with Crippen molar-refractivity contribution in [2.75, 3.05) is 4.90 Å². The number of anilines is 1. The molecule has 1 aliphatic carbocycles. The first-order valence-electron chi connectivity index (χ1n) is 14.1. The lowest BCUT2D eigenvalue weighted by Gasteiger charge is -2.19. The minimum atomic E-state index is -0.762. The average Bonchev–Trinajstić information content (AvgIpc) is 3.47. The summed E-state index contributed by atoms with van der Waals surface area (Å²) in [5, 5.41) is 0.0233. The Balaban J connectivity index is 0.000000176. The lowest BCUT2D eigenvalue weighted by Crippen LogP contribution is -2.39. The van der Waals surface area contributed by atoms with E-state index < -0.39 is 23.7 Å². The number of hydrogen-bond acceptors (Lipinski definition) is 3. The quantitative estimate of drug-likeness (QED) is 0.145. The number of aromatic nitrogens is 2. The predicted octanol–water partition coefficient (Wildman–Crippen LogP) is 6.81. The van der Waals surface area contributed by atoms with E-state index in [4.69, 9.17) is 22.8 Å². The van der Waals surface area contributed by atoms with Crippen LogP contribution >= 0.6 is 11.6 Å². The summed E-state index contributed by atoms with van der Waals surface area (Å²) < 4.78 is 24.2. The largest absolute Gasteiger partial charge is 0.476 e. The average molecular weight is 597 g/mol. The number of terminal acetylenes is 1. The molecule has 0 spiro atoms. The van der Waals surface area contributed by atoms with E-state index in [0.717, 1.165) is 23.8 Å². The molecule has 218 valence electrons. The molecule has 6 rings (SSSR count). The Hall–Kier alpha value is -4.67. The molecule has 0 fully saturated rings. The Morgan fingerprint density at radius 1 is 0.930 bits per heavy atom. The normalized spacial score (nSPS) is 15.0. The van der Waals surface area contributed by atoms with Crippen LogP contribution in [0.1, 0.15) is 32.6 Å². The van der Waals surface area contributed by atoms with Crippen LogP contribution in [0.15, 0.2) is 90.0 Å². The van der Waals surface area contributed by atoms with Crippen molar-refractivity contribution in [3.63, 3.8) is 0 Å². The molecule has 1 aromatic heterocycles.